The quantitative estimate of drug-likeness (QED) is 0.158. The third-order valence-corrected chi connectivity index (χ3v) is 12.5. The van der Waals surface area contributed by atoms with Crippen LogP contribution in [0, 0.1) is 0 Å². The molecule has 0 aliphatic carbocycles. The van der Waals surface area contributed by atoms with Gasteiger partial charge in [0.1, 0.15) is 0 Å². The Balaban J connectivity index is 1.04. The average Bonchev–Trinajstić information content (AvgIpc) is 3.84. The van der Waals surface area contributed by atoms with E-state index in [1.165, 1.54) is 75.4 Å². The standard InChI is InChI=1S/C54H36N2S/c1-2-15-37(16-3-1)42-17-4-9-24-49(42)55(41-35-31-39(32-36-41)44-22-14-23-48-47-21-8-13-28-53(47)57-54(44)48)40-33-29-38(30-34-40)43-18-5-10-25-50(43)56-51-26-11-6-19-45(51)46-20-7-12-27-52(46)56/h1-36H. The highest BCUT2D eigenvalue weighted by Crippen LogP contribution is 2.44. The van der Waals surface area contributed by atoms with Crippen LogP contribution < -0.4 is 4.90 Å². The zero-order valence-electron chi connectivity index (χ0n) is 31.1. The zero-order valence-corrected chi connectivity index (χ0v) is 31.9. The predicted octanol–water partition coefficient (Wildman–Crippen LogP) is 15.6. The van der Waals surface area contributed by atoms with Crippen molar-refractivity contribution in [3.8, 4) is 39.1 Å². The lowest BCUT2D eigenvalue weighted by molar-refractivity contribution is 1.18. The number of anilines is 3. The first-order valence-corrected chi connectivity index (χ1v) is 20.3. The monoisotopic (exact) mass is 744 g/mol. The molecule has 0 amide bonds. The minimum absolute atomic E-state index is 1.09. The number of nitrogens with zero attached hydrogens (tertiary/aromatic N) is 2. The van der Waals surface area contributed by atoms with Crippen LogP contribution in [0.5, 0.6) is 0 Å². The molecule has 0 radical (unpaired) electrons. The van der Waals surface area contributed by atoms with Crippen LogP contribution in [0.25, 0.3) is 81.0 Å². The molecule has 0 spiro atoms. The van der Waals surface area contributed by atoms with Crippen molar-refractivity contribution in [3.63, 3.8) is 0 Å². The Labute approximate surface area is 335 Å². The molecule has 3 heteroatoms. The number of hydrogen-bond acceptors (Lipinski definition) is 2. The van der Waals surface area contributed by atoms with Crippen molar-refractivity contribution >= 4 is 70.4 Å². The second kappa shape index (κ2) is 13.8. The fourth-order valence-electron chi connectivity index (χ4n) is 8.61. The molecular weight excluding hydrogens is 709 g/mol. The van der Waals surface area contributed by atoms with Crippen molar-refractivity contribution in [1.82, 2.24) is 4.57 Å². The lowest BCUT2D eigenvalue weighted by Crippen LogP contribution is -2.11. The van der Waals surface area contributed by atoms with Gasteiger partial charge in [0, 0.05) is 53.4 Å². The van der Waals surface area contributed by atoms with Gasteiger partial charge >= 0.3 is 0 Å². The SMILES string of the molecule is c1ccc(-c2ccccc2N(c2ccc(-c3ccccc3-n3c4ccccc4c4ccccc43)cc2)c2ccc(-c3cccc4c3sc3ccccc34)cc2)cc1. The minimum Gasteiger partial charge on any atom is -0.310 e. The van der Waals surface area contributed by atoms with Gasteiger partial charge in [0.25, 0.3) is 0 Å². The first-order chi connectivity index (χ1) is 28.3. The van der Waals surface area contributed by atoms with E-state index >= 15 is 0 Å². The third-order valence-electron chi connectivity index (χ3n) is 11.2. The summed E-state index contributed by atoms with van der Waals surface area (Å²) < 4.78 is 5.06. The van der Waals surface area contributed by atoms with E-state index in [0.29, 0.717) is 0 Å². The molecule has 0 saturated carbocycles. The Hall–Kier alpha value is -7.20. The molecule has 2 heterocycles. The summed E-state index contributed by atoms with van der Waals surface area (Å²) in [5, 5.41) is 5.16. The normalized spacial score (nSPS) is 11.5. The molecule has 0 bridgehead atoms. The summed E-state index contributed by atoms with van der Waals surface area (Å²) >= 11 is 1.88. The maximum absolute atomic E-state index is 2.41. The smallest absolute Gasteiger partial charge is 0.0541 e. The summed E-state index contributed by atoms with van der Waals surface area (Å²) in [5.74, 6) is 0. The van der Waals surface area contributed by atoms with E-state index in [-0.39, 0.29) is 0 Å². The highest BCUT2D eigenvalue weighted by Gasteiger charge is 2.20. The molecule has 2 aromatic heterocycles. The van der Waals surface area contributed by atoms with E-state index in [4.69, 9.17) is 0 Å². The molecule has 0 saturated heterocycles. The zero-order chi connectivity index (χ0) is 37.7. The van der Waals surface area contributed by atoms with Crippen molar-refractivity contribution in [3.05, 3.63) is 218 Å². The third kappa shape index (κ3) is 5.63. The van der Waals surface area contributed by atoms with Gasteiger partial charge in [-0.3, -0.25) is 0 Å². The van der Waals surface area contributed by atoms with Gasteiger partial charge in [-0.2, -0.15) is 0 Å². The minimum atomic E-state index is 1.09. The van der Waals surface area contributed by atoms with Gasteiger partial charge in [-0.15, -0.1) is 11.3 Å². The van der Waals surface area contributed by atoms with Gasteiger partial charge in [0.2, 0.25) is 0 Å². The van der Waals surface area contributed by atoms with Crippen molar-refractivity contribution < 1.29 is 0 Å². The number of fused-ring (bicyclic) bond motifs is 6. The number of para-hydroxylation sites is 4. The van der Waals surface area contributed by atoms with Gasteiger partial charge in [-0.05, 0) is 76.9 Å². The maximum Gasteiger partial charge on any atom is 0.0541 e. The Bertz CT molecular complexity index is 3170. The Morgan fingerprint density at radius 3 is 1.53 bits per heavy atom. The number of aromatic nitrogens is 1. The molecular formula is C54H36N2S. The van der Waals surface area contributed by atoms with Crippen LogP contribution >= 0.6 is 11.3 Å². The van der Waals surface area contributed by atoms with E-state index in [2.05, 4.69) is 228 Å². The van der Waals surface area contributed by atoms with Gasteiger partial charge in [0.05, 0.1) is 22.4 Å². The topological polar surface area (TPSA) is 8.17 Å². The first kappa shape index (κ1) is 33.2. The number of thiophene rings is 1. The molecule has 268 valence electrons. The molecule has 11 rings (SSSR count). The molecule has 11 aromatic rings. The van der Waals surface area contributed by atoms with Crippen LogP contribution in [0.4, 0.5) is 17.1 Å². The first-order valence-electron chi connectivity index (χ1n) is 19.4. The molecule has 0 atom stereocenters. The summed E-state index contributed by atoms with van der Waals surface area (Å²) in [7, 11) is 0. The predicted molar refractivity (Wildman–Crippen MR) is 245 cm³/mol. The van der Waals surface area contributed by atoms with Crippen molar-refractivity contribution in [2.24, 2.45) is 0 Å². The highest BCUT2D eigenvalue weighted by molar-refractivity contribution is 7.26. The molecule has 0 aliphatic heterocycles. The fourth-order valence-corrected chi connectivity index (χ4v) is 9.85. The molecule has 2 nitrogen and oxygen atoms in total. The molecule has 0 fully saturated rings. The van der Waals surface area contributed by atoms with Crippen LogP contribution in [0.2, 0.25) is 0 Å². The van der Waals surface area contributed by atoms with Crippen molar-refractivity contribution in [2.75, 3.05) is 4.90 Å². The van der Waals surface area contributed by atoms with Crippen molar-refractivity contribution in [1.29, 1.82) is 0 Å². The lowest BCUT2D eigenvalue weighted by Gasteiger charge is -2.28. The molecule has 0 unspecified atom stereocenters. The van der Waals surface area contributed by atoms with E-state index in [9.17, 15) is 0 Å². The molecule has 0 aliphatic rings. The van der Waals surface area contributed by atoms with Gasteiger partial charge in [-0.1, -0.05) is 164 Å². The van der Waals surface area contributed by atoms with Gasteiger partial charge < -0.3 is 9.47 Å². The molecule has 0 N–H and O–H groups in total. The summed E-state index contributed by atoms with van der Waals surface area (Å²) in [5.41, 5.74) is 14.1. The van der Waals surface area contributed by atoms with Crippen LogP contribution in [-0.4, -0.2) is 4.57 Å². The molecule has 9 aromatic carbocycles. The Kier molecular flexibility index (Phi) is 8.04. The largest absolute Gasteiger partial charge is 0.310 e. The van der Waals surface area contributed by atoms with Gasteiger partial charge in [0.15, 0.2) is 0 Å². The Morgan fingerprint density at radius 1 is 0.333 bits per heavy atom. The second-order valence-corrected chi connectivity index (χ2v) is 15.5. The summed E-state index contributed by atoms with van der Waals surface area (Å²) in [4.78, 5) is 2.40. The summed E-state index contributed by atoms with van der Waals surface area (Å²) in [6, 6.07) is 79.2. The molecule has 57 heavy (non-hydrogen) atoms. The fraction of sp³-hybridized carbons (Fsp3) is 0. The number of hydrogen-bond donors (Lipinski definition) is 0. The van der Waals surface area contributed by atoms with E-state index < -0.39 is 0 Å². The Morgan fingerprint density at radius 2 is 0.825 bits per heavy atom. The number of benzene rings is 9. The van der Waals surface area contributed by atoms with Crippen LogP contribution in [0.15, 0.2) is 218 Å². The van der Waals surface area contributed by atoms with Gasteiger partial charge in [-0.25, -0.2) is 0 Å². The lowest BCUT2D eigenvalue weighted by atomic mass is 9.99. The van der Waals surface area contributed by atoms with Crippen LogP contribution in [0.3, 0.4) is 0 Å². The van der Waals surface area contributed by atoms with E-state index in [1.807, 2.05) is 11.3 Å². The van der Waals surface area contributed by atoms with E-state index in [0.717, 1.165) is 22.7 Å². The summed E-state index contributed by atoms with van der Waals surface area (Å²) in [6.45, 7) is 0. The van der Waals surface area contributed by atoms with Crippen LogP contribution in [0.1, 0.15) is 0 Å². The average molecular weight is 745 g/mol. The maximum atomic E-state index is 2.41. The van der Waals surface area contributed by atoms with Crippen LogP contribution in [-0.2, 0) is 0 Å². The number of rotatable bonds is 7. The van der Waals surface area contributed by atoms with E-state index in [1.54, 1.807) is 0 Å². The second-order valence-electron chi connectivity index (χ2n) is 14.5. The van der Waals surface area contributed by atoms with Crippen molar-refractivity contribution in [2.45, 2.75) is 0 Å². The highest BCUT2D eigenvalue weighted by atomic mass is 32.1. The summed E-state index contributed by atoms with van der Waals surface area (Å²) in [6.07, 6.45) is 0.